The summed E-state index contributed by atoms with van der Waals surface area (Å²) in [7, 11) is 0. The summed E-state index contributed by atoms with van der Waals surface area (Å²) in [4.78, 5) is 14.3. The predicted molar refractivity (Wildman–Crippen MR) is 87.7 cm³/mol. The van der Waals surface area contributed by atoms with Crippen LogP contribution < -0.4 is 5.32 Å². The van der Waals surface area contributed by atoms with Crippen LogP contribution in [0.5, 0.6) is 0 Å². The molecule has 2 aromatic rings. The van der Waals surface area contributed by atoms with Crippen LogP contribution in [0, 0.1) is 13.8 Å². The van der Waals surface area contributed by atoms with E-state index in [0.29, 0.717) is 12.3 Å². The Morgan fingerprint density at radius 2 is 2.15 bits per heavy atom. The van der Waals surface area contributed by atoms with Crippen molar-refractivity contribution in [2.24, 2.45) is 0 Å². The molecule has 1 aromatic carbocycles. The number of carbonyl (C=O) groups excluding carboxylic acids is 1. The van der Waals surface area contributed by atoms with Crippen molar-refractivity contribution >= 4 is 29.0 Å². The van der Waals surface area contributed by atoms with Gasteiger partial charge in [-0.05, 0) is 43.3 Å². The number of hydrogen-bond acceptors (Lipinski definition) is 3. The van der Waals surface area contributed by atoms with Gasteiger partial charge in [-0.3, -0.25) is 4.79 Å². The molecule has 2 rings (SSSR count). The first-order valence-corrected chi connectivity index (χ1v) is 8.51. The molecule has 0 aliphatic carbocycles. The van der Waals surface area contributed by atoms with Crippen LogP contribution in [0.15, 0.2) is 40.6 Å². The Morgan fingerprint density at radius 3 is 2.85 bits per heavy atom. The van der Waals surface area contributed by atoms with Crippen LogP contribution in [-0.2, 0) is 11.2 Å². The summed E-state index contributed by atoms with van der Waals surface area (Å²) in [5.74, 6) is 0.584. The molecule has 0 spiro atoms. The molecule has 106 valence electrons. The number of nitrogens with one attached hydrogen (secondary N) is 1. The molecule has 1 N–H and O–H groups in total. The molecule has 0 fully saturated rings. The van der Waals surface area contributed by atoms with Gasteiger partial charge in [0, 0.05) is 16.3 Å². The first-order valence-electron chi connectivity index (χ1n) is 6.64. The zero-order valence-electron chi connectivity index (χ0n) is 11.8. The lowest BCUT2D eigenvalue weighted by molar-refractivity contribution is -0.118. The Labute approximate surface area is 128 Å². The number of thiophene rings is 1. The highest BCUT2D eigenvalue weighted by Crippen LogP contribution is 2.22. The molecular weight excluding hydrogens is 286 g/mol. The van der Waals surface area contributed by atoms with Crippen molar-refractivity contribution < 1.29 is 4.79 Å². The maximum Gasteiger partial charge on any atom is 0.230 e. The molecule has 0 saturated heterocycles. The van der Waals surface area contributed by atoms with Crippen molar-refractivity contribution in [1.29, 1.82) is 0 Å². The van der Waals surface area contributed by atoms with Crippen molar-refractivity contribution in [2.75, 3.05) is 12.3 Å². The van der Waals surface area contributed by atoms with E-state index in [1.165, 1.54) is 20.9 Å². The molecule has 0 bridgehead atoms. The Bertz CT molecular complexity index is 564. The fourth-order valence-corrected chi connectivity index (χ4v) is 3.48. The average Bonchev–Trinajstić information content (AvgIpc) is 2.91. The third kappa shape index (κ3) is 4.69. The minimum atomic E-state index is 0.103. The summed E-state index contributed by atoms with van der Waals surface area (Å²) >= 11 is 3.33. The van der Waals surface area contributed by atoms with Crippen LogP contribution in [0.25, 0.3) is 0 Å². The Hall–Kier alpha value is -1.26. The number of amides is 1. The van der Waals surface area contributed by atoms with E-state index in [0.717, 1.165) is 6.42 Å². The molecule has 4 heteroatoms. The quantitative estimate of drug-likeness (QED) is 0.822. The average molecular weight is 305 g/mol. The number of aryl methyl sites for hydroxylation is 2. The third-order valence-corrected chi connectivity index (χ3v) is 5.07. The highest BCUT2D eigenvalue weighted by molar-refractivity contribution is 8.00. The summed E-state index contributed by atoms with van der Waals surface area (Å²) < 4.78 is 0. The van der Waals surface area contributed by atoms with E-state index >= 15 is 0 Å². The number of rotatable bonds is 6. The van der Waals surface area contributed by atoms with Crippen LogP contribution in [0.2, 0.25) is 0 Å². The summed E-state index contributed by atoms with van der Waals surface area (Å²) in [5.41, 5.74) is 2.49. The van der Waals surface area contributed by atoms with E-state index < -0.39 is 0 Å². The minimum Gasteiger partial charge on any atom is -0.355 e. The van der Waals surface area contributed by atoms with Crippen LogP contribution >= 0.6 is 23.1 Å². The third-order valence-electron chi connectivity index (χ3n) is 2.96. The molecule has 0 radical (unpaired) electrons. The van der Waals surface area contributed by atoms with Crippen molar-refractivity contribution in [3.05, 3.63) is 51.7 Å². The summed E-state index contributed by atoms with van der Waals surface area (Å²) in [6.45, 7) is 4.88. The summed E-state index contributed by atoms with van der Waals surface area (Å²) in [5, 5.41) is 5.03. The second-order valence-electron chi connectivity index (χ2n) is 4.74. The van der Waals surface area contributed by atoms with Crippen molar-refractivity contribution in [3.8, 4) is 0 Å². The van der Waals surface area contributed by atoms with E-state index in [1.807, 2.05) is 6.07 Å². The lowest BCUT2D eigenvalue weighted by Crippen LogP contribution is -2.27. The molecule has 0 unspecified atom stereocenters. The van der Waals surface area contributed by atoms with Crippen LogP contribution in [0.4, 0.5) is 0 Å². The number of carbonyl (C=O) groups is 1. The predicted octanol–water partition coefficient (Wildman–Crippen LogP) is 3.82. The maximum atomic E-state index is 11.8. The van der Waals surface area contributed by atoms with Crippen LogP contribution in [-0.4, -0.2) is 18.2 Å². The zero-order valence-corrected chi connectivity index (χ0v) is 13.4. The van der Waals surface area contributed by atoms with E-state index in [4.69, 9.17) is 0 Å². The van der Waals surface area contributed by atoms with Gasteiger partial charge in [-0.1, -0.05) is 23.8 Å². The van der Waals surface area contributed by atoms with Gasteiger partial charge in [0.25, 0.3) is 0 Å². The maximum absolute atomic E-state index is 11.8. The van der Waals surface area contributed by atoms with Gasteiger partial charge in [0.05, 0.1) is 5.75 Å². The SMILES string of the molecule is Cc1ccc(SCC(=O)NCCc2cccs2)c(C)c1. The normalized spacial score (nSPS) is 10.5. The first-order chi connectivity index (χ1) is 9.65. The van der Waals surface area contributed by atoms with Crippen LogP contribution in [0.3, 0.4) is 0 Å². The smallest absolute Gasteiger partial charge is 0.230 e. The van der Waals surface area contributed by atoms with Gasteiger partial charge >= 0.3 is 0 Å². The van der Waals surface area contributed by atoms with Gasteiger partial charge in [0.15, 0.2) is 0 Å². The molecule has 20 heavy (non-hydrogen) atoms. The molecule has 0 aliphatic rings. The minimum absolute atomic E-state index is 0.103. The Morgan fingerprint density at radius 1 is 1.30 bits per heavy atom. The molecule has 1 heterocycles. The highest BCUT2D eigenvalue weighted by atomic mass is 32.2. The topological polar surface area (TPSA) is 29.1 Å². The van der Waals surface area contributed by atoms with E-state index in [9.17, 15) is 4.79 Å². The van der Waals surface area contributed by atoms with E-state index in [1.54, 1.807) is 23.1 Å². The van der Waals surface area contributed by atoms with E-state index in [-0.39, 0.29) is 5.91 Å². The second kappa shape index (κ2) is 7.50. The van der Waals surface area contributed by atoms with Gasteiger partial charge in [-0.15, -0.1) is 23.1 Å². The lowest BCUT2D eigenvalue weighted by atomic mass is 10.2. The zero-order chi connectivity index (χ0) is 14.4. The summed E-state index contributed by atoms with van der Waals surface area (Å²) in [6.07, 6.45) is 0.914. The number of thioether (sulfide) groups is 1. The lowest BCUT2D eigenvalue weighted by Gasteiger charge is -2.07. The van der Waals surface area contributed by atoms with E-state index in [2.05, 4.69) is 48.8 Å². The van der Waals surface area contributed by atoms with Gasteiger partial charge < -0.3 is 5.32 Å². The van der Waals surface area contributed by atoms with Gasteiger partial charge in [0.2, 0.25) is 5.91 Å². The van der Waals surface area contributed by atoms with Crippen molar-refractivity contribution in [3.63, 3.8) is 0 Å². The highest BCUT2D eigenvalue weighted by Gasteiger charge is 2.05. The molecule has 2 nitrogen and oxygen atoms in total. The number of hydrogen-bond donors (Lipinski definition) is 1. The molecule has 1 amide bonds. The van der Waals surface area contributed by atoms with Crippen molar-refractivity contribution in [2.45, 2.75) is 25.2 Å². The fourth-order valence-electron chi connectivity index (χ4n) is 1.94. The van der Waals surface area contributed by atoms with Gasteiger partial charge in [-0.25, -0.2) is 0 Å². The largest absolute Gasteiger partial charge is 0.355 e. The second-order valence-corrected chi connectivity index (χ2v) is 6.79. The monoisotopic (exact) mass is 305 g/mol. The Balaban J connectivity index is 1.72. The summed E-state index contributed by atoms with van der Waals surface area (Å²) in [6, 6.07) is 10.5. The van der Waals surface area contributed by atoms with Gasteiger partial charge in [-0.2, -0.15) is 0 Å². The molecule has 0 saturated carbocycles. The molecule has 1 aromatic heterocycles. The van der Waals surface area contributed by atoms with Crippen molar-refractivity contribution in [1.82, 2.24) is 5.32 Å². The van der Waals surface area contributed by atoms with Crippen LogP contribution in [0.1, 0.15) is 16.0 Å². The molecule has 0 aliphatic heterocycles. The fraction of sp³-hybridized carbons (Fsp3) is 0.312. The first kappa shape index (κ1) is 15.1. The standard InChI is InChI=1S/C16H19NOS2/c1-12-5-6-15(13(2)10-12)20-11-16(18)17-8-7-14-4-3-9-19-14/h3-6,9-10H,7-8,11H2,1-2H3,(H,17,18). The molecular formula is C16H19NOS2. The van der Waals surface area contributed by atoms with Gasteiger partial charge in [0.1, 0.15) is 0 Å². The Kier molecular flexibility index (Phi) is 5.68. The number of benzene rings is 1. The molecule has 0 atom stereocenters.